The first-order valence-corrected chi connectivity index (χ1v) is 7.00. The van der Waals surface area contributed by atoms with Crippen LogP contribution in [-0.4, -0.2) is 0 Å². The molecule has 0 aliphatic carbocycles. The molecule has 0 fully saturated rings. The molecule has 0 spiro atoms. The van der Waals surface area contributed by atoms with Gasteiger partial charge in [0.05, 0.1) is 0 Å². The lowest BCUT2D eigenvalue weighted by atomic mass is 9.99. The fourth-order valence-corrected chi connectivity index (χ4v) is 3.10. The summed E-state index contributed by atoms with van der Waals surface area (Å²) in [6.45, 7) is 2.07. The average molecular weight is 286 g/mol. The van der Waals surface area contributed by atoms with Gasteiger partial charge in [-0.3, -0.25) is 0 Å². The van der Waals surface area contributed by atoms with E-state index in [9.17, 15) is 0 Å². The van der Waals surface area contributed by atoms with Crippen molar-refractivity contribution in [1.29, 1.82) is 0 Å². The zero-order valence-electron chi connectivity index (χ0n) is 9.41. The summed E-state index contributed by atoms with van der Waals surface area (Å²) < 4.78 is 0. The van der Waals surface area contributed by atoms with Crippen molar-refractivity contribution < 1.29 is 0 Å². The molecule has 1 aromatic carbocycles. The van der Waals surface area contributed by atoms with E-state index in [4.69, 9.17) is 28.9 Å². The molecule has 1 atom stereocenters. The first-order chi connectivity index (χ1) is 8.08. The molecule has 4 heteroatoms. The maximum absolute atomic E-state index is 6.20. The summed E-state index contributed by atoms with van der Waals surface area (Å²) in [4.78, 5) is 0. The summed E-state index contributed by atoms with van der Waals surface area (Å²) in [7, 11) is 0. The summed E-state index contributed by atoms with van der Waals surface area (Å²) in [6, 6.07) is 5.45. The van der Waals surface area contributed by atoms with Gasteiger partial charge in [-0.05, 0) is 59.0 Å². The normalized spacial score (nSPS) is 12.7. The number of halogens is 2. The Morgan fingerprint density at radius 1 is 1.29 bits per heavy atom. The smallest absolute Gasteiger partial charge is 0.0439 e. The van der Waals surface area contributed by atoms with Gasteiger partial charge in [0.2, 0.25) is 0 Å². The molecular formula is C13H13Cl2NS. The largest absolute Gasteiger partial charge is 0.324 e. The quantitative estimate of drug-likeness (QED) is 0.876. The van der Waals surface area contributed by atoms with Crippen LogP contribution in [0.25, 0.3) is 0 Å². The highest BCUT2D eigenvalue weighted by Crippen LogP contribution is 2.27. The molecule has 2 aromatic rings. The van der Waals surface area contributed by atoms with E-state index in [1.54, 1.807) is 17.4 Å². The van der Waals surface area contributed by atoms with Gasteiger partial charge in [-0.1, -0.05) is 23.2 Å². The second-order valence-electron chi connectivity index (χ2n) is 4.06. The highest BCUT2D eigenvalue weighted by Gasteiger charge is 2.12. The van der Waals surface area contributed by atoms with Crippen molar-refractivity contribution in [3.8, 4) is 0 Å². The van der Waals surface area contributed by atoms with Crippen molar-refractivity contribution in [3.05, 3.63) is 55.7 Å². The van der Waals surface area contributed by atoms with Crippen LogP contribution in [0.4, 0.5) is 0 Å². The van der Waals surface area contributed by atoms with Gasteiger partial charge in [-0.15, -0.1) is 0 Å². The molecule has 0 saturated carbocycles. The molecule has 0 bridgehead atoms. The molecule has 0 aliphatic heterocycles. The maximum Gasteiger partial charge on any atom is 0.0439 e. The lowest BCUT2D eigenvalue weighted by Crippen LogP contribution is -2.13. The van der Waals surface area contributed by atoms with Gasteiger partial charge < -0.3 is 5.73 Å². The van der Waals surface area contributed by atoms with E-state index in [0.717, 1.165) is 10.6 Å². The highest BCUT2D eigenvalue weighted by atomic mass is 35.5. The van der Waals surface area contributed by atoms with E-state index in [1.165, 1.54) is 11.1 Å². The van der Waals surface area contributed by atoms with Crippen molar-refractivity contribution in [1.82, 2.24) is 0 Å². The molecule has 1 nitrogen and oxygen atoms in total. The Balaban J connectivity index is 2.21. The number of nitrogens with two attached hydrogens (primary N) is 1. The van der Waals surface area contributed by atoms with E-state index in [2.05, 4.69) is 17.7 Å². The predicted molar refractivity (Wildman–Crippen MR) is 76.2 cm³/mol. The average Bonchev–Trinajstić information content (AvgIpc) is 2.70. The first-order valence-electron chi connectivity index (χ1n) is 5.30. The summed E-state index contributed by atoms with van der Waals surface area (Å²) in [5.74, 6) is 0. The van der Waals surface area contributed by atoms with Crippen LogP contribution in [0.1, 0.15) is 22.7 Å². The summed E-state index contributed by atoms with van der Waals surface area (Å²) in [5, 5.41) is 5.61. The van der Waals surface area contributed by atoms with E-state index >= 15 is 0 Å². The fourth-order valence-electron chi connectivity index (χ4n) is 1.80. The molecule has 17 heavy (non-hydrogen) atoms. The summed E-state index contributed by atoms with van der Waals surface area (Å²) >= 11 is 13.8. The third-order valence-corrected chi connectivity index (χ3v) is 4.23. The minimum Gasteiger partial charge on any atom is -0.324 e. The second-order valence-corrected chi connectivity index (χ2v) is 5.64. The minimum atomic E-state index is -0.0304. The van der Waals surface area contributed by atoms with Gasteiger partial charge in [0, 0.05) is 16.1 Å². The van der Waals surface area contributed by atoms with Crippen molar-refractivity contribution in [3.63, 3.8) is 0 Å². The number of rotatable bonds is 3. The van der Waals surface area contributed by atoms with E-state index in [0.29, 0.717) is 11.4 Å². The molecule has 0 amide bonds. The molecule has 0 radical (unpaired) electrons. The van der Waals surface area contributed by atoms with Crippen molar-refractivity contribution in [2.75, 3.05) is 0 Å². The Kier molecular flexibility index (Phi) is 4.10. The molecule has 1 unspecified atom stereocenters. The Morgan fingerprint density at radius 2 is 2.06 bits per heavy atom. The zero-order chi connectivity index (χ0) is 12.4. The lowest BCUT2D eigenvalue weighted by Gasteiger charge is -2.13. The molecule has 0 aliphatic rings. The highest BCUT2D eigenvalue weighted by molar-refractivity contribution is 7.08. The zero-order valence-corrected chi connectivity index (χ0v) is 11.7. The first kappa shape index (κ1) is 12.9. The van der Waals surface area contributed by atoms with E-state index in [-0.39, 0.29) is 6.04 Å². The Morgan fingerprint density at radius 3 is 2.71 bits per heavy atom. The SMILES string of the molecule is Cc1cscc1C(N)Cc1cc(Cl)ccc1Cl. The predicted octanol–water partition coefficient (Wildman–Crippen LogP) is 4.61. The topological polar surface area (TPSA) is 26.0 Å². The van der Waals surface area contributed by atoms with Gasteiger partial charge in [-0.2, -0.15) is 11.3 Å². The van der Waals surface area contributed by atoms with Crippen LogP contribution in [0.2, 0.25) is 10.0 Å². The van der Waals surface area contributed by atoms with Crippen LogP contribution in [0.3, 0.4) is 0 Å². The van der Waals surface area contributed by atoms with Gasteiger partial charge in [0.25, 0.3) is 0 Å². The second kappa shape index (κ2) is 5.40. The number of benzene rings is 1. The van der Waals surface area contributed by atoms with Gasteiger partial charge >= 0.3 is 0 Å². The van der Waals surface area contributed by atoms with Crippen LogP contribution >= 0.6 is 34.5 Å². The van der Waals surface area contributed by atoms with E-state index in [1.807, 2.05) is 12.1 Å². The van der Waals surface area contributed by atoms with Crippen LogP contribution < -0.4 is 5.73 Å². The fraction of sp³-hybridized carbons (Fsp3) is 0.231. The van der Waals surface area contributed by atoms with Gasteiger partial charge in [-0.25, -0.2) is 0 Å². The standard InChI is InChI=1S/C13H13Cl2NS/c1-8-6-17-7-11(8)13(16)5-9-4-10(14)2-3-12(9)15/h2-4,6-7,13H,5,16H2,1H3. The molecule has 90 valence electrons. The van der Waals surface area contributed by atoms with Gasteiger partial charge in [0.1, 0.15) is 0 Å². The van der Waals surface area contributed by atoms with Crippen molar-refractivity contribution >= 4 is 34.5 Å². The Labute approximate surface area is 115 Å². The molecule has 2 N–H and O–H groups in total. The number of thiophene rings is 1. The van der Waals surface area contributed by atoms with Crippen LogP contribution in [-0.2, 0) is 6.42 Å². The van der Waals surface area contributed by atoms with Crippen molar-refractivity contribution in [2.45, 2.75) is 19.4 Å². The van der Waals surface area contributed by atoms with Crippen LogP contribution in [0, 0.1) is 6.92 Å². The lowest BCUT2D eigenvalue weighted by molar-refractivity contribution is 0.720. The van der Waals surface area contributed by atoms with Crippen molar-refractivity contribution in [2.24, 2.45) is 5.73 Å². The monoisotopic (exact) mass is 285 g/mol. The minimum absolute atomic E-state index is 0.0304. The molecule has 1 heterocycles. The Hall–Kier alpha value is -0.540. The maximum atomic E-state index is 6.20. The molecule has 1 aromatic heterocycles. The molecule has 2 rings (SSSR count). The summed E-state index contributed by atoms with van der Waals surface area (Å²) in [5.41, 5.74) is 9.62. The van der Waals surface area contributed by atoms with Gasteiger partial charge in [0.15, 0.2) is 0 Å². The Bertz CT molecular complexity index is 522. The van der Waals surface area contributed by atoms with Crippen LogP contribution in [0.5, 0.6) is 0 Å². The molecule has 0 saturated heterocycles. The number of hydrogen-bond donors (Lipinski definition) is 1. The number of aryl methyl sites for hydroxylation is 1. The molecular weight excluding hydrogens is 273 g/mol. The van der Waals surface area contributed by atoms with Crippen LogP contribution in [0.15, 0.2) is 29.0 Å². The third-order valence-electron chi connectivity index (χ3n) is 2.74. The number of hydrogen-bond acceptors (Lipinski definition) is 2. The summed E-state index contributed by atoms with van der Waals surface area (Å²) in [6.07, 6.45) is 0.705. The van der Waals surface area contributed by atoms with E-state index < -0.39 is 0 Å². The third kappa shape index (κ3) is 3.02.